The van der Waals surface area contributed by atoms with Gasteiger partial charge >= 0.3 is 0 Å². The van der Waals surface area contributed by atoms with Gasteiger partial charge in [-0.2, -0.15) is 9.97 Å². The molecule has 4 aliphatic heterocycles. The largest absolute Gasteiger partial charge is 0.493 e. The lowest BCUT2D eigenvalue weighted by molar-refractivity contribution is 0.263. The Morgan fingerprint density at radius 2 is 0.871 bits per heavy atom. The Bertz CT molecular complexity index is 2080. The minimum atomic E-state index is 0.403. The molecule has 2 N–H and O–H groups in total. The maximum atomic E-state index is 6.15. The summed E-state index contributed by atoms with van der Waals surface area (Å²) in [5.74, 6) is 6.32. The Labute approximate surface area is 418 Å². The van der Waals surface area contributed by atoms with Gasteiger partial charge in [-0.3, -0.25) is 0 Å². The highest BCUT2D eigenvalue weighted by molar-refractivity contribution is 5.94. The molecule has 8 rings (SSSR count). The van der Waals surface area contributed by atoms with Crippen molar-refractivity contribution in [1.82, 2.24) is 49.3 Å². The molecule has 18 nitrogen and oxygen atoms in total. The molecule has 0 spiro atoms. The van der Waals surface area contributed by atoms with E-state index in [-0.39, 0.29) is 0 Å². The van der Waals surface area contributed by atoms with Crippen molar-refractivity contribution in [3.05, 3.63) is 24.3 Å². The van der Waals surface area contributed by atoms with Crippen LogP contribution in [0.15, 0.2) is 24.3 Å². The average Bonchev–Trinajstić information content (AvgIpc) is 3.71. The van der Waals surface area contributed by atoms with Gasteiger partial charge in [0.15, 0.2) is 23.0 Å². The predicted octanol–water partition coefficient (Wildman–Crippen LogP) is 5.23. The SMILES string of the molecule is COc1cc2c(NC3CCN(C)CC3)nc(N3CCCN(C)CC3)nc2cc1OCCCN(C)C.COc1cc2c(NC3CCN(C)CC3)nc(N3CCCN(C)CC3)nc2cc1OCCCN(C)C. The van der Waals surface area contributed by atoms with Crippen LogP contribution in [0.4, 0.5) is 23.5 Å². The molecule has 4 aliphatic rings. The number of nitrogens with one attached hydrogen (secondary N) is 2. The van der Waals surface area contributed by atoms with Gasteiger partial charge in [0.1, 0.15) is 11.6 Å². The van der Waals surface area contributed by atoms with E-state index < -0.39 is 0 Å². The van der Waals surface area contributed by atoms with E-state index >= 15 is 0 Å². The molecule has 0 bridgehead atoms. The van der Waals surface area contributed by atoms with Gasteiger partial charge in [0.2, 0.25) is 11.9 Å². The van der Waals surface area contributed by atoms with Gasteiger partial charge in [-0.1, -0.05) is 0 Å². The van der Waals surface area contributed by atoms with E-state index in [1.54, 1.807) is 14.2 Å². The number of nitrogens with zero attached hydrogens (tertiary/aromatic N) is 12. The van der Waals surface area contributed by atoms with Crippen LogP contribution in [0.5, 0.6) is 23.0 Å². The summed E-state index contributed by atoms with van der Waals surface area (Å²) in [4.78, 5) is 38.7. The minimum Gasteiger partial charge on any atom is -0.493 e. The molecule has 2 aromatic heterocycles. The number of methoxy groups -OCH3 is 2. The lowest BCUT2D eigenvalue weighted by Crippen LogP contribution is -2.37. The number of ether oxygens (including phenoxy) is 4. The molecule has 388 valence electrons. The van der Waals surface area contributed by atoms with Crippen molar-refractivity contribution in [3.8, 4) is 23.0 Å². The summed E-state index contributed by atoms with van der Waals surface area (Å²) in [6.45, 7) is 15.7. The first-order valence-corrected chi connectivity index (χ1v) is 26.0. The molecular weight excluding hydrogens is 885 g/mol. The third-order valence-corrected chi connectivity index (χ3v) is 14.1. The fourth-order valence-electron chi connectivity index (χ4n) is 9.61. The van der Waals surface area contributed by atoms with E-state index in [0.717, 1.165) is 211 Å². The van der Waals surface area contributed by atoms with E-state index in [4.69, 9.17) is 38.9 Å². The summed E-state index contributed by atoms with van der Waals surface area (Å²) in [5, 5.41) is 9.50. The molecule has 4 aromatic rings. The second kappa shape index (κ2) is 26.1. The Morgan fingerprint density at radius 3 is 1.24 bits per heavy atom. The maximum absolute atomic E-state index is 6.15. The summed E-state index contributed by atoms with van der Waals surface area (Å²) in [6, 6.07) is 8.93. The number of likely N-dealkylation sites (tertiary alicyclic amines) is 2. The highest BCUT2D eigenvalue weighted by Gasteiger charge is 2.25. The van der Waals surface area contributed by atoms with E-state index in [1.165, 1.54) is 0 Å². The van der Waals surface area contributed by atoms with E-state index in [9.17, 15) is 0 Å². The number of anilines is 4. The third-order valence-electron chi connectivity index (χ3n) is 14.1. The van der Waals surface area contributed by atoms with Crippen molar-refractivity contribution in [1.29, 1.82) is 0 Å². The molecule has 0 unspecified atom stereocenters. The molecule has 0 atom stereocenters. The zero-order valence-electron chi connectivity index (χ0n) is 44.4. The number of aromatic nitrogens is 4. The van der Waals surface area contributed by atoms with Crippen LogP contribution in [0.25, 0.3) is 21.8 Å². The molecule has 0 saturated carbocycles. The lowest BCUT2D eigenvalue weighted by Gasteiger charge is -2.30. The molecular formula is C52H86N14O4. The second-order valence-electron chi connectivity index (χ2n) is 20.5. The average molecular weight is 971 g/mol. The Kier molecular flexibility index (Phi) is 19.8. The standard InChI is InChI=1S/2C26H43N7O2/c2*1-30(2)10-7-17-35-24-19-22-21(18-23(24)34-5)25(27-20-8-13-32(4)14-9-20)29-26(28-22)33-12-6-11-31(3)15-16-33/h2*18-20H,6-17H2,1-5H3,(H,27,28,29). The van der Waals surface area contributed by atoms with E-state index in [2.05, 4.69) is 106 Å². The van der Waals surface area contributed by atoms with Crippen molar-refractivity contribution in [2.45, 2.75) is 63.5 Å². The number of rotatable bonds is 18. The van der Waals surface area contributed by atoms with Crippen LogP contribution in [-0.2, 0) is 0 Å². The zero-order valence-corrected chi connectivity index (χ0v) is 44.4. The van der Waals surface area contributed by atoms with Gasteiger partial charge in [0.25, 0.3) is 0 Å². The number of benzene rings is 2. The van der Waals surface area contributed by atoms with Crippen molar-refractivity contribution in [2.75, 3.05) is 196 Å². The second-order valence-corrected chi connectivity index (χ2v) is 20.5. The molecule has 2 aromatic carbocycles. The zero-order chi connectivity index (χ0) is 49.6. The summed E-state index contributed by atoms with van der Waals surface area (Å²) < 4.78 is 23.7. The van der Waals surface area contributed by atoms with Crippen molar-refractivity contribution in [2.24, 2.45) is 0 Å². The number of hydrogen-bond acceptors (Lipinski definition) is 18. The normalized spacial score (nSPS) is 18.7. The molecule has 4 fully saturated rings. The van der Waals surface area contributed by atoms with Crippen LogP contribution in [0.2, 0.25) is 0 Å². The van der Waals surface area contributed by atoms with Crippen LogP contribution in [0.3, 0.4) is 0 Å². The van der Waals surface area contributed by atoms with Gasteiger partial charge in [-0.15, -0.1) is 0 Å². The number of likely N-dealkylation sites (N-methyl/N-ethyl adjacent to an activating group) is 2. The highest BCUT2D eigenvalue weighted by atomic mass is 16.5. The fourth-order valence-corrected chi connectivity index (χ4v) is 9.61. The van der Waals surface area contributed by atoms with Crippen molar-refractivity contribution < 1.29 is 18.9 Å². The summed E-state index contributed by atoms with van der Waals surface area (Å²) in [6.07, 6.45) is 8.55. The van der Waals surface area contributed by atoms with Crippen LogP contribution >= 0.6 is 0 Å². The molecule has 18 heteroatoms. The van der Waals surface area contributed by atoms with Gasteiger partial charge in [0, 0.05) is 87.3 Å². The smallest absolute Gasteiger partial charge is 0.227 e. The lowest BCUT2D eigenvalue weighted by atomic mass is 10.1. The van der Waals surface area contributed by atoms with Crippen molar-refractivity contribution >= 4 is 45.3 Å². The maximum Gasteiger partial charge on any atom is 0.227 e. The first kappa shape index (κ1) is 53.1. The Hall–Kier alpha value is -4.72. The van der Waals surface area contributed by atoms with Crippen LogP contribution < -0.4 is 39.4 Å². The molecule has 0 radical (unpaired) electrons. The fraction of sp³-hybridized carbons (Fsp3) is 0.692. The minimum absolute atomic E-state index is 0.403. The number of piperidine rings is 2. The highest BCUT2D eigenvalue weighted by Crippen LogP contribution is 2.38. The van der Waals surface area contributed by atoms with E-state index in [1.807, 2.05) is 24.3 Å². The van der Waals surface area contributed by atoms with E-state index in [0.29, 0.717) is 25.3 Å². The van der Waals surface area contributed by atoms with Gasteiger partial charge < -0.3 is 68.8 Å². The molecule has 4 saturated heterocycles. The monoisotopic (exact) mass is 971 g/mol. The van der Waals surface area contributed by atoms with Gasteiger partial charge in [-0.25, -0.2) is 9.97 Å². The van der Waals surface area contributed by atoms with Crippen molar-refractivity contribution in [3.63, 3.8) is 0 Å². The van der Waals surface area contributed by atoms with Gasteiger partial charge in [-0.05, 0) is 159 Å². The number of hydrogen-bond donors (Lipinski definition) is 2. The Morgan fingerprint density at radius 1 is 0.486 bits per heavy atom. The molecule has 6 heterocycles. The summed E-state index contributed by atoms with van der Waals surface area (Å²) in [7, 11) is 20.5. The third kappa shape index (κ3) is 15.2. The topological polar surface area (TPSA) is 138 Å². The van der Waals surface area contributed by atoms with Crippen LogP contribution in [-0.4, -0.2) is 237 Å². The Balaban J connectivity index is 0.000000206. The summed E-state index contributed by atoms with van der Waals surface area (Å²) >= 11 is 0. The first-order valence-electron chi connectivity index (χ1n) is 26.0. The molecule has 0 amide bonds. The number of fused-ring (bicyclic) bond motifs is 2. The van der Waals surface area contributed by atoms with Gasteiger partial charge in [0.05, 0.1) is 38.5 Å². The molecule has 70 heavy (non-hydrogen) atoms. The first-order chi connectivity index (χ1) is 33.8. The quantitative estimate of drug-likeness (QED) is 0.126. The predicted molar refractivity (Wildman–Crippen MR) is 286 cm³/mol. The van der Waals surface area contributed by atoms with Crippen LogP contribution in [0, 0.1) is 0 Å². The summed E-state index contributed by atoms with van der Waals surface area (Å²) in [5.41, 5.74) is 1.79. The molecule has 0 aliphatic carbocycles. The van der Waals surface area contributed by atoms with Crippen LogP contribution in [0.1, 0.15) is 51.4 Å².